The molecule has 1 atom stereocenters. The molecule has 2 aromatic rings. The molecule has 0 fully saturated rings. The molecular weight excluding hydrogens is 270 g/mol. The normalized spacial score (nSPS) is 12.2. The van der Waals surface area contributed by atoms with Gasteiger partial charge in [-0.05, 0) is 31.7 Å². The van der Waals surface area contributed by atoms with E-state index >= 15 is 0 Å². The Hall–Kier alpha value is -1.58. The number of rotatable bonds is 5. The smallest absolute Gasteiger partial charge is 0.133 e. The number of nitrogens with zero attached hydrogens (tertiary/aromatic N) is 2. The lowest BCUT2D eigenvalue weighted by Crippen LogP contribution is -2.25. The Morgan fingerprint density at radius 3 is 2.70 bits per heavy atom. The highest BCUT2D eigenvalue weighted by Crippen LogP contribution is 2.30. The number of nitrogens with one attached hydrogen (secondary N) is 1. The average molecular weight is 290 g/mol. The van der Waals surface area contributed by atoms with Crippen LogP contribution in [0, 0.1) is 0 Å². The van der Waals surface area contributed by atoms with Gasteiger partial charge in [-0.1, -0.05) is 35.9 Å². The Labute approximate surface area is 125 Å². The van der Waals surface area contributed by atoms with Crippen LogP contribution in [0.1, 0.15) is 24.1 Å². The number of hydrogen-bond donors (Lipinski definition) is 1. The van der Waals surface area contributed by atoms with E-state index in [9.17, 15) is 0 Å². The SMILES string of the molecule is CNCc1cccnc1N(C)C(C)c1ccccc1Cl. The summed E-state index contributed by atoms with van der Waals surface area (Å²) in [6.07, 6.45) is 1.82. The van der Waals surface area contributed by atoms with E-state index in [2.05, 4.69) is 41.3 Å². The van der Waals surface area contributed by atoms with Crippen LogP contribution in [0.5, 0.6) is 0 Å². The maximum Gasteiger partial charge on any atom is 0.133 e. The molecule has 0 saturated carbocycles. The molecule has 0 amide bonds. The van der Waals surface area contributed by atoms with E-state index in [1.165, 1.54) is 5.56 Å². The van der Waals surface area contributed by atoms with Gasteiger partial charge >= 0.3 is 0 Å². The molecule has 1 N–H and O–H groups in total. The van der Waals surface area contributed by atoms with E-state index in [0.29, 0.717) is 0 Å². The molecule has 0 bridgehead atoms. The molecule has 3 nitrogen and oxygen atoms in total. The second-order valence-corrected chi connectivity index (χ2v) is 5.23. The second kappa shape index (κ2) is 6.73. The minimum Gasteiger partial charge on any atom is -0.353 e. The number of hydrogen-bond acceptors (Lipinski definition) is 3. The predicted molar refractivity (Wildman–Crippen MR) is 85.3 cm³/mol. The Kier molecular flexibility index (Phi) is 4.99. The van der Waals surface area contributed by atoms with E-state index < -0.39 is 0 Å². The first kappa shape index (κ1) is 14.8. The fourth-order valence-corrected chi connectivity index (χ4v) is 2.58. The van der Waals surface area contributed by atoms with Gasteiger partial charge < -0.3 is 10.2 Å². The summed E-state index contributed by atoms with van der Waals surface area (Å²) in [7, 11) is 3.99. The molecule has 0 spiro atoms. The van der Waals surface area contributed by atoms with Crippen LogP contribution in [0.4, 0.5) is 5.82 Å². The second-order valence-electron chi connectivity index (χ2n) is 4.82. The van der Waals surface area contributed by atoms with Crippen LogP contribution in [-0.4, -0.2) is 19.1 Å². The summed E-state index contributed by atoms with van der Waals surface area (Å²) < 4.78 is 0. The maximum absolute atomic E-state index is 6.29. The van der Waals surface area contributed by atoms with Crippen molar-refractivity contribution in [3.05, 3.63) is 58.7 Å². The zero-order chi connectivity index (χ0) is 14.5. The van der Waals surface area contributed by atoms with Crippen LogP contribution >= 0.6 is 11.6 Å². The molecule has 0 aliphatic heterocycles. The lowest BCUT2D eigenvalue weighted by atomic mass is 10.1. The Morgan fingerprint density at radius 1 is 1.25 bits per heavy atom. The molecule has 1 aromatic carbocycles. The highest BCUT2D eigenvalue weighted by atomic mass is 35.5. The van der Waals surface area contributed by atoms with Gasteiger partial charge in [-0.3, -0.25) is 0 Å². The van der Waals surface area contributed by atoms with Crippen LogP contribution in [-0.2, 0) is 6.54 Å². The standard InChI is InChI=1S/C16H20ClN3/c1-12(14-8-4-5-9-15(14)17)20(3)16-13(11-18-2)7-6-10-19-16/h4-10,12,18H,11H2,1-3H3. The van der Waals surface area contributed by atoms with Gasteiger partial charge in [-0.15, -0.1) is 0 Å². The fourth-order valence-electron chi connectivity index (χ4n) is 2.28. The molecule has 20 heavy (non-hydrogen) atoms. The zero-order valence-electron chi connectivity index (χ0n) is 12.1. The van der Waals surface area contributed by atoms with E-state index in [1.807, 2.05) is 37.5 Å². The van der Waals surface area contributed by atoms with Gasteiger partial charge in [0, 0.05) is 30.4 Å². The van der Waals surface area contributed by atoms with Crippen molar-refractivity contribution in [3.8, 4) is 0 Å². The molecule has 1 unspecified atom stereocenters. The number of aromatic nitrogens is 1. The number of benzene rings is 1. The molecule has 106 valence electrons. The van der Waals surface area contributed by atoms with Crippen LogP contribution < -0.4 is 10.2 Å². The van der Waals surface area contributed by atoms with Crippen LogP contribution in [0.25, 0.3) is 0 Å². The molecular formula is C16H20ClN3. The Bertz CT molecular complexity index is 571. The van der Waals surface area contributed by atoms with Gasteiger partial charge in [0.05, 0.1) is 6.04 Å². The Balaban J connectivity index is 2.31. The quantitative estimate of drug-likeness (QED) is 0.911. The lowest BCUT2D eigenvalue weighted by molar-refractivity contribution is 0.714. The summed E-state index contributed by atoms with van der Waals surface area (Å²) >= 11 is 6.29. The van der Waals surface area contributed by atoms with Crippen molar-refractivity contribution >= 4 is 17.4 Å². The van der Waals surface area contributed by atoms with Gasteiger partial charge in [0.15, 0.2) is 0 Å². The average Bonchev–Trinajstić information content (AvgIpc) is 2.47. The minimum absolute atomic E-state index is 0.161. The van der Waals surface area contributed by atoms with Crippen LogP contribution in [0.15, 0.2) is 42.6 Å². The van der Waals surface area contributed by atoms with Crippen molar-refractivity contribution in [1.82, 2.24) is 10.3 Å². The molecule has 1 heterocycles. The number of halogens is 1. The van der Waals surface area contributed by atoms with Crippen molar-refractivity contribution in [2.75, 3.05) is 19.0 Å². The summed E-state index contributed by atoms with van der Waals surface area (Å²) in [5.74, 6) is 0.981. The lowest BCUT2D eigenvalue weighted by Gasteiger charge is -2.28. The maximum atomic E-state index is 6.29. The first-order valence-corrected chi connectivity index (χ1v) is 7.08. The Morgan fingerprint density at radius 2 is 2.00 bits per heavy atom. The van der Waals surface area contributed by atoms with Crippen molar-refractivity contribution in [3.63, 3.8) is 0 Å². The predicted octanol–water partition coefficient (Wildman–Crippen LogP) is 3.65. The number of anilines is 1. The summed E-state index contributed by atoms with van der Waals surface area (Å²) in [5.41, 5.74) is 2.29. The van der Waals surface area contributed by atoms with Gasteiger partial charge in [0.2, 0.25) is 0 Å². The molecule has 0 aliphatic carbocycles. The molecule has 2 rings (SSSR count). The summed E-state index contributed by atoms with van der Waals surface area (Å²) in [5, 5.41) is 3.97. The summed E-state index contributed by atoms with van der Waals surface area (Å²) in [6.45, 7) is 2.93. The third-order valence-electron chi connectivity index (χ3n) is 3.51. The first-order valence-electron chi connectivity index (χ1n) is 6.71. The summed E-state index contributed by atoms with van der Waals surface area (Å²) in [4.78, 5) is 6.68. The first-order chi connectivity index (χ1) is 9.65. The van der Waals surface area contributed by atoms with Gasteiger partial charge in [0.1, 0.15) is 5.82 Å². The van der Waals surface area contributed by atoms with Crippen molar-refractivity contribution < 1.29 is 0 Å². The van der Waals surface area contributed by atoms with E-state index in [0.717, 1.165) is 22.9 Å². The van der Waals surface area contributed by atoms with E-state index in [4.69, 9.17) is 11.6 Å². The largest absolute Gasteiger partial charge is 0.353 e. The topological polar surface area (TPSA) is 28.2 Å². The van der Waals surface area contributed by atoms with Crippen molar-refractivity contribution in [2.24, 2.45) is 0 Å². The van der Waals surface area contributed by atoms with Crippen molar-refractivity contribution in [2.45, 2.75) is 19.5 Å². The van der Waals surface area contributed by atoms with Gasteiger partial charge in [-0.25, -0.2) is 4.98 Å². The van der Waals surface area contributed by atoms with E-state index in [1.54, 1.807) is 0 Å². The fraction of sp³-hybridized carbons (Fsp3) is 0.312. The zero-order valence-corrected chi connectivity index (χ0v) is 12.9. The molecule has 1 aromatic heterocycles. The molecule has 0 aliphatic rings. The van der Waals surface area contributed by atoms with Gasteiger partial charge in [0.25, 0.3) is 0 Å². The third-order valence-corrected chi connectivity index (χ3v) is 3.85. The molecule has 0 radical (unpaired) electrons. The van der Waals surface area contributed by atoms with Crippen molar-refractivity contribution in [1.29, 1.82) is 0 Å². The van der Waals surface area contributed by atoms with Crippen LogP contribution in [0.2, 0.25) is 5.02 Å². The minimum atomic E-state index is 0.161. The molecule has 4 heteroatoms. The highest BCUT2D eigenvalue weighted by molar-refractivity contribution is 6.31. The van der Waals surface area contributed by atoms with Gasteiger partial charge in [-0.2, -0.15) is 0 Å². The molecule has 0 saturated heterocycles. The highest BCUT2D eigenvalue weighted by Gasteiger charge is 2.17. The summed E-state index contributed by atoms with van der Waals surface area (Å²) in [6, 6.07) is 12.2. The number of pyridine rings is 1. The third kappa shape index (κ3) is 3.11. The van der Waals surface area contributed by atoms with Crippen LogP contribution in [0.3, 0.4) is 0 Å². The monoisotopic (exact) mass is 289 g/mol. The van der Waals surface area contributed by atoms with E-state index in [-0.39, 0.29) is 6.04 Å².